The molecule has 0 spiro atoms. The Labute approximate surface area is 169 Å². The van der Waals surface area contributed by atoms with Gasteiger partial charge in [-0.15, -0.1) is 0 Å². The summed E-state index contributed by atoms with van der Waals surface area (Å²) in [4.78, 5) is 31.8. The topological polar surface area (TPSA) is 120 Å². The summed E-state index contributed by atoms with van der Waals surface area (Å²) in [5.41, 5.74) is 1.76. The van der Waals surface area contributed by atoms with Gasteiger partial charge in [-0.2, -0.15) is 8.42 Å². The van der Waals surface area contributed by atoms with Crippen LogP contribution in [-0.2, 0) is 10.1 Å². The molecule has 0 aliphatic carbocycles. The van der Waals surface area contributed by atoms with Crippen LogP contribution in [0.4, 0.5) is 0 Å². The number of rotatable bonds is 1. The number of aromatic nitrogens is 2. The average molecular weight is 420 g/mol. The third-order valence-electron chi connectivity index (χ3n) is 5.38. The molecule has 8 heteroatoms. The van der Waals surface area contributed by atoms with E-state index in [1.54, 1.807) is 30.3 Å². The molecule has 30 heavy (non-hydrogen) atoms. The maximum Gasteiger partial charge on any atom is 0.297 e. The van der Waals surface area contributed by atoms with E-state index >= 15 is 0 Å². The minimum Gasteiger partial charge on any atom is -0.354 e. The minimum atomic E-state index is -4.84. The highest BCUT2D eigenvalue weighted by Gasteiger charge is 2.24. The Morgan fingerprint density at radius 3 is 2.17 bits per heavy atom. The fourth-order valence-electron chi connectivity index (χ4n) is 4.02. The van der Waals surface area contributed by atoms with Crippen molar-refractivity contribution in [1.29, 1.82) is 0 Å². The molecule has 150 valence electrons. The number of pyridine rings is 2. The van der Waals surface area contributed by atoms with Gasteiger partial charge in [0.05, 0.1) is 21.9 Å². The quantitative estimate of drug-likeness (QED) is 0.283. The monoisotopic (exact) mass is 420 g/mol. The van der Waals surface area contributed by atoms with Crippen molar-refractivity contribution in [1.82, 2.24) is 9.97 Å². The average Bonchev–Trinajstić information content (AvgIpc) is 2.67. The lowest BCUT2D eigenvalue weighted by atomic mass is 10.0. The lowest BCUT2D eigenvalue weighted by Crippen LogP contribution is -2.14. The Balaban J connectivity index is 2.16. The van der Waals surface area contributed by atoms with Gasteiger partial charge in [-0.05, 0) is 49.7 Å². The second-order valence-corrected chi connectivity index (χ2v) is 8.89. The van der Waals surface area contributed by atoms with Crippen LogP contribution in [0.3, 0.4) is 0 Å². The molecule has 0 aliphatic heterocycles. The zero-order chi connectivity index (χ0) is 21.4. The van der Waals surface area contributed by atoms with Gasteiger partial charge in [-0.3, -0.25) is 14.1 Å². The zero-order valence-electron chi connectivity index (χ0n) is 16.0. The van der Waals surface area contributed by atoms with E-state index < -0.39 is 25.9 Å². The van der Waals surface area contributed by atoms with Crippen molar-refractivity contribution in [3.8, 4) is 0 Å². The van der Waals surface area contributed by atoms with Crippen LogP contribution in [0.2, 0.25) is 0 Å². The number of benzene rings is 3. The normalized spacial score (nSPS) is 12.4. The SMILES string of the molecule is Cc1ccc2c(=O)c3cc4[nH]c5ccc(C)cc5c(=O)c4c(S(=O)(=O)O)c3[nH]c2c1. The zero-order valence-corrected chi connectivity index (χ0v) is 16.8. The van der Waals surface area contributed by atoms with Crippen molar-refractivity contribution in [2.24, 2.45) is 0 Å². The van der Waals surface area contributed by atoms with Crippen molar-refractivity contribution >= 4 is 53.7 Å². The van der Waals surface area contributed by atoms with E-state index in [1.807, 2.05) is 19.9 Å². The lowest BCUT2D eigenvalue weighted by Gasteiger charge is -2.12. The smallest absolute Gasteiger partial charge is 0.297 e. The molecular formula is C22H16N2O5S. The van der Waals surface area contributed by atoms with Gasteiger partial charge >= 0.3 is 0 Å². The van der Waals surface area contributed by atoms with Crippen LogP contribution in [0.5, 0.6) is 0 Å². The summed E-state index contributed by atoms with van der Waals surface area (Å²) in [6.07, 6.45) is 0. The van der Waals surface area contributed by atoms with Crippen LogP contribution < -0.4 is 10.9 Å². The van der Waals surface area contributed by atoms with Gasteiger partial charge in [0.1, 0.15) is 4.90 Å². The Hall–Kier alpha value is -3.49. The summed E-state index contributed by atoms with van der Waals surface area (Å²) < 4.78 is 34.9. The Kier molecular flexibility index (Phi) is 3.71. The molecule has 0 unspecified atom stereocenters. The number of hydrogen-bond donors (Lipinski definition) is 3. The summed E-state index contributed by atoms with van der Waals surface area (Å²) >= 11 is 0. The maximum atomic E-state index is 13.3. The molecule has 5 rings (SSSR count). The first-order chi connectivity index (χ1) is 14.1. The predicted molar refractivity (Wildman–Crippen MR) is 117 cm³/mol. The molecule has 7 nitrogen and oxygen atoms in total. The number of nitrogens with one attached hydrogen (secondary N) is 2. The Morgan fingerprint density at radius 1 is 0.733 bits per heavy atom. The molecule has 5 aromatic rings. The van der Waals surface area contributed by atoms with Gasteiger partial charge in [0.15, 0.2) is 10.9 Å². The molecule has 3 aromatic carbocycles. The van der Waals surface area contributed by atoms with Crippen molar-refractivity contribution < 1.29 is 13.0 Å². The fourth-order valence-corrected chi connectivity index (χ4v) is 4.90. The summed E-state index contributed by atoms with van der Waals surface area (Å²) in [7, 11) is -4.84. The lowest BCUT2D eigenvalue weighted by molar-refractivity contribution is 0.485. The van der Waals surface area contributed by atoms with E-state index in [2.05, 4.69) is 9.97 Å². The minimum absolute atomic E-state index is 0.0635. The van der Waals surface area contributed by atoms with E-state index in [9.17, 15) is 22.6 Å². The van der Waals surface area contributed by atoms with E-state index in [0.717, 1.165) is 11.1 Å². The Bertz CT molecular complexity index is 1780. The molecule has 2 heterocycles. The van der Waals surface area contributed by atoms with Gasteiger partial charge in [-0.25, -0.2) is 0 Å². The van der Waals surface area contributed by atoms with E-state index in [4.69, 9.17) is 0 Å². The fraction of sp³-hybridized carbons (Fsp3) is 0.0909. The van der Waals surface area contributed by atoms with Crippen molar-refractivity contribution in [2.75, 3.05) is 0 Å². The highest BCUT2D eigenvalue weighted by Crippen LogP contribution is 2.30. The van der Waals surface area contributed by atoms with Crippen molar-refractivity contribution in [2.45, 2.75) is 18.7 Å². The van der Waals surface area contributed by atoms with E-state index in [1.165, 1.54) is 6.07 Å². The van der Waals surface area contributed by atoms with Crippen LogP contribution in [0.25, 0.3) is 43.6 Å². The first kappa shape index (κ1) is 18.5. The van der Waals surface area contributed by atoms with Crippen molar-refractivity contribution in [3.63, 3.8) is 0 Å². The van der Waals surface area contributed by atoms with E-state index in [0.29, 0.717) is 21.8 Å². The molecule has 3 N–H and O–H groups in total. The highest BCUT2D eigenvalue weighted by molar-refractivity contribution is 7.86. The largest absolute Gasteiger partial charge is 0.354 e. The molecule has 0 fully saturated rings. The van der Waals surface area contributed by atoms with Gasteiger partial charge in [0.2, 0.25) is 0 Å². The van der Waals surface area contributed by atoms with Crippen LogP contribution in [0, 0.1) is 13.8 Å². The van der Waals surface area contributed by atoms with Crippen LogP contribution in [0.1, 0.15) is 11.1 Å². The number of hydrogen-bond acceptors (Lipinski definition) is 4. The standard InChI is InChI=1S/C22H16N2O5S/c1-10-4-6-15-13(7-10)21(26)18-17(23-15)9-14-19(22(18)30(27,28)29)24-16-8-11(2)3-5-12(16)20(14)25/h3-9H,1-2H3,(H,23,26)(H,24,25)(H,27,28,29). The van der Waals surface area contributed by atoms with Gasteiger partial charge in [0.25, 0.3) is 10.1 Å². The van der Waals surface area contributed by atoms with Crippen LogP contribution in [-0.4, -0.2) is 22.9 Å². The molecule has 0 saturated carbocycles. The number of aromatic amines is 2. The number of H-pyrrole nitrogens is 2. The van der Waals surface area contributed by atoms with Gasteiger partial charge < -0.3 is 9.97 Å². The van der Waals surface area contributed by atoms with Crippen LogP contribution >= 0.6 is 0 Å². The van der Waals surface area contributed by atoms with Gasteiger partial charge in [-0.1, -0.05) is 17.7 Å². The Morgan fingerprint density at radius 2 is 1.43 bits per heavy atom. The third kappa shape index (κ3) is 2.58. The maximum absolute atomic E-state index is 13.3. The first-order valence-electron chi connectivity index (χ1n) is 9.18. The van der Waals surface area contributed by atoms with E-state index in [-0.39, 0.29) is 21.8 Å². The summed E-state index contributed by atoms with van der Waals surface area (Å²) in [6.45, 7) is 3.66. The molecule has 0 radical (unpaired) electrons. The molecule has 0 aliphatic rings. The summed E-state index contributed by atoms with van der Waals surface area (Å²) in [5, 5.41) is 0.553. The third-order valence-corrected chi connectivity index (χ3v) is 6.30. The molecule has 0 atom stereocenters. The second kappa shape index (κ2) is 6.01. The highest BCUT2D eigenvalue weighted by atomic mass is 32.2. The second-order valence-electron chi connectivity index (χ2n) is 7.53. The predicted octanol–water partition coefficient (Wildman–Crippen LogP) is 3.54. The summed E-state index contributed by atoms with van der Waals surface area (Å²) in [5.74, 6) is 0. The number of fused-ring (bicyclic) bond motifs is 4. The van der Waals surface area contributed by atoms with Crippen molar-refractivity contribution in [3.05, 3.63) is 74.0 Å². The first-order valence-corrected chi connectivity index (χ1v) is 10.6. The summed E-state index contributed by atoms with van der Waals surface area (Å²) in [6, 6.07) is 11.8. The molecular weight excluding hydrogens is 404 g/mol. The molecule has 0 saturated heterocycles. The molecule has 0 amide bonds. The van der Waals surface area contributed by atoms with Gasteiger partial charge in [0, 0.05) is 21.7 Å². The number of aryl methyl sites for hydroxylation is 2. The molecule has 0 bridgehead atoms. The van der Waals surface area contributed by atoms with Crippen LogP contribution in [0.15, 0.2) is 56.9 Å². The molecule has 2 aromatic heterocycles.